The van der Waals surface area contributed by atoms with Gasteiger partial charge in [0.2, 0.25) is 0 Å². The van der Waals surface area contributed by atoms with E-state index in [1.54, 1.807) is 6.07 Å². The summed E-state index contributed by atoms with van der Waals surface area (Å²) < 4.78 is 13.0. The Balaban J connectivity index is 2.23. The van der Waals surface area contributed by atoms with Crippen LogP contribution in [-0.2, 0) is 6.16 Å². The molecule has 0 aliphatic rings. The first-order valence-electron chi connectivity index (χ1n) is 6.05. The van der Waals surface area contributed by atoms with Crippen molar-refractivity contribution >= 4 is 26.8 Å². The zero-order valence-electron chi connectivity index (χ0n) is 11.0. The molecule has 0 bridgehead atoms. The maximum Gasteiger partial charge on any atom is 0.123 e. The summed E-state index contributed by atoms with van der Waals surface area (Å²) in [5.41, 5.74) is 3.50. The summed E-state index contributed by atoms with van der Waals surface area (Å²) in [5.74, 6) is -0.252. The van der Waals surface area contributed by atoms with Crippen molar-refractivity contribution in [3.63, 3.8) is 0 Å². The van der Waals surface area contributed by atoms with E-state index in [2.05, 4.69) is 0 Å². The normalized spacial score (nSPS) is 12.4. The Hall–Kier alpha value is -1.18. The maximum atomic E-state index is 13.0. The summed E-state index contributed by atoms with van der Waals surface area (Å²) in [5, 5.41) is 0.782. The Bertz CT molecular complexity index is 601. The molecular weight excluding hydrogens is 257 g/mol. The molecule has 2 aromatic rings. The molecule has 96 valence electrons. The first-order valence-corrected chi connectivity index (χ1v) is 7.53. The topological polar surface area (TPSA) is 20.2 Å². The van der Waals surface area contributed by atoms with Crippen LogP contribution in [0.15, 0.2) is 36.4 Å². The fourth-order valence-corrected chi connectivity index (χ4v) is 3.45. The van der Waals surface area contributed by atoms with Crippen LogP contribution in [-0.4, -0.2) is 12.7 Å². The monoisotopic (exact) mass is 272 g/mol. The van der Waals surface area contributed by atoms with Crippen LogP contribution in [0, 0.1) is 19.7 Å². The lowest BCUT2D eigenvalue weighted by Crippen LogP contribution is -2.24. The van der Waals surface area contributed by atoms with E-state index in [-0.39, 0.29) is 5.82 Å². The van der Waals surface area contributed by atoms with E-state index in [1.165, 1.54) is 12.1 Å². The molecule has 0 aliphatic carbocycles. The smallest absolute Gasteiger partial charge is 0.123 e. The summed E-state index contributed by atoms with van der Waals surface area (Å²) in [6.07, 6.45) is 0.495. The van der Waals surface area contributed by atoms with Gasteiger partial charge in [0.25, 0.3) is 0 Å². The molecule has 19 heavy (non-hydrogen) atoms. The second kappa shape index (κ2) is 5.86. The van der Waals surface area contributed by atoms with Gasteiger partial charge in [0, 0.05) is 6.16 Å². The van der Waals surface area contributed by atoms with Gasteiger partial charge in [-0.25, -0.2) is 4.39 Å². The van der Waals surface area contributed by atoms with Crippen LogP contribution in [0.3, 0.4) is 0 Å². The van der Waals surface area contributed by atoms with Crippen LogP contribution in [0.4, 0.5) is 4.39 Å². The van der Waals surface area contributed by atoms with Gasteiger partial charge in [0.1, 0.15) is 13.7 Å². The van der Waals surface area contributed by atoms with Gasteiger partial charge >= 0.3 is 0 Å². The van der Waals surface area contributed by atoms with E-state index in [4.69, 9.17) is 7.85 Å². The number of aryl methyl sites for hydroxylation is 2. The second-order valence-corrected chi connectivity index (χ2v) is 6.29. The van der Waals surface area contributed by atoms with Gasteiger partial charge in [-0.3, -0.25) is 0 Å². The summed E-state index contributed by atoms with van der Waals surface area (Å²) >= 11 is 0. The Morgan fingerprint density at radius 2 is 1.89 bits per heavy atom. The Labute approximate surface area is 115 Å². The molecule has 0 aliphatic heterocycles. The van der Waals surface area contributed by atoms with Crippen molar-refractivity contribution in [2.75, 3.05) is 0 Å². The lowest BCUT2D eigenvalue weighted by atomic mass is 9.95. The van der Waals surface area contributed by atoms with Gasteiger partial charge in [-0.15, -0.1) is 0 Å². The standard InChI is InChI=1S/C15H15BFOP/c1-10-3-6-15(14(16)7-10)19(18)9-12-4-5-13(17)8-11(12)2/h3-8,18H,9H2,1-2H3. The zero-order valence-corrected chi connectivity index (χ0v) is 11.9. The van der Waals surface area contributed by atoms with Gasteiger partial charge in [0.05, 0.1) is 8.15 Å². The number of hydrogen-bond donors (Lipinski definition) is 1. The lowest BCUT2D eigenvalue weighted by Gasteiger charge is -2.15. The van der Waals surface area contributed by atoms with Gasteiger partial charge in [-0.05, 0) is 42.4 Å². The molecule has 0 saturated carbocycles. The minimum Gasteiger partial charge on any atom is -0.369 e. The molecule has 1 N–H and O–H groups in total. The van der Waals surface area contributed by atoms with Crippen molar-refractivity contribution < 1.29 is 9.28 Å². The van der Waals surface area contributed by atoms with Crippen molar-refractivity contribution in [2.45, 2.75) is 20.0 Å². The first kappa shape index (κ1) is 14.2. The predicted octanol–water partition coefficient (Wildman–Crippen LogP) is 2.45. The van der Waals surface area contributed by atoms with Crippen LogP contribution in [0.1, 0.15) is 16.7 Å². The second-order valence-electron chi connectivity index (χ2n) is 4.69. The van der Waals surface area contributed by atoms with E-state index in [9.17, 15) is 9.28 Å². The minimum atomic E-state index is -1.36. The largest absolute Gasteiger partial charge is 0.369 e. The molecule has 0 aromatic heterocycles. The molecule has 1 nitrogen and oxygen atoms in total. The van der Waals surface area contributed by atoms with Gasteiger partial charge < -0.3 is 4.89 Å². The van der Waals surface area contributed by atoms with Crippen LogP contribution >= 0.6 is 8.15 Å². The number of hydrogen-bond acceptors (Lipinski definition) is 1. The van der Waals surface area contributed by atoms with E-state index in [0.717, 1.165) is 22.0 Å². The fourth-order valence-electron chi connectivity index (χ4n) is 1.99. The summed E-state index contributed by atoms with van der Waals surface area (Å²) in [6, 6.07) is 10.3. The van der Waals surface area contributed by atoms with Gasteiger partial charge in [0.15, 0.2) is 0 Å². The Kier molecular flexibility index (Phi) is 4.39. The van der Waals surface area contributed by atoms with E-state index in [0.29, 0.717) is 11.6 Å². The quantitative estimate of drug-likeness (QED) is 0.672. The van der Waals surface area contributed by atoms with Crippen LogP contribution in [0.25, 0.3) is 0 Å². The molecule has 0 saturated heterocycles. The molecule has 1 unspecified atom stereocenters. The maximum absolute atomic E-state index is 13.0. The molecule has 2 radical (unpaired) electrons. The fraction of sp³-hybridized carbons (Fsp3) is 0.200. The molecule has 0 amide bonds. The first-order chi connectivity index (χ1) is 8.97. The molecule has 2 aromatic carbocycles. The highest BCUT2D eigenvalue weighted by atomic mass is 31.1. The van der Waals surface area contributed by atoms with Crippen LogP contribution in [0.2, 0.25) is 0 Å². The Morgan fingerprint density at radius 3 is 2.53 bits per heavy atom. The minimum absolute atomic E-state index is 0.252. The SMILES string of the molecule is [B]c1cc(C)ccc1P(O)Cc1ccc(F)cc1C. The van der Waals surface area contributed by atoms with E-state index < -0.39 is 8.15 Å². The van der Waals surface area contributed by atoms with Crippen molar-refractivity contribution in [3.8, 4) is 0 Å². The van der Waals surface area contributed by atoms with Crippen molar-refractivity contribution in [1.29, 1.82) is 0 Å². The molecule has 4 heteroatoms. The third kappa shape index (κ3) is 3.43. The van der Waals surface area contributed by atoms with E-state index in [1.807, 2.05) is 32.0 Å². The molecule has 0 spiro atoms. The molecule has 1 atom stereocenters. The third-order valence-electron chi connectivity index (χ3n) is 3.09. The average Bonchev–Trinajstić information content (AvgIpc) is 2.32. The predicted molar refractivity (Wildman–Crippen MR) is 80.2 cm³/mol. The highest BCUT2D eigenvalue weighted by Gasteiger charge is 2.12. The van der Waals surface area contributed by atoms with Crippen molar-refractivity contribution in [3.05, 3.63) is 58.9 Å². The van der Waals surface area contributed by atoms with Crippen LogP contribution < -0.4 is 10.8 Å². The van der Waals surface area contributed by atoms with Crippen molar-refractivity contribution in [1.82, 2.24) is 0 Å². The summed E-state index contributed by atoms with van der Waals surface area (Å²) in [7, 11) is 4.58. The number of halogens is 1. The molecule has 0 heterocycles. The zero-order chi connectivity index (χ0) is 14.0. The van der Waals surface area contributed by atoms with Crippen molar-refractivity contribution in [2.24, 2.45) is 0 Å². The molecule has 0 fully saturated rings. The summed E-state index contributed by atoms with van der Waals surface area (Å²) in [4.78, 5) is 10.3. The van der Waals surface area contributed by atoms with Gasteiger partial charge in [-0.1, -0.05) is 35.3 Å². The summed E-state index contributed by atoms with van der Waals surface area (Å²) in [6.45, 7) is 3.81. The number of rotatable bonds is 3. The molecular formula is C15H15BFOP. The third-order valence-corrected chi connectivity index (χ3v) is 4.69. The highest BCUT2D eigenvalue weighted by Crippen LogP contribution is 2.34. The highest BCUT2D eigenvalue weighted by molar-refractivity contribution is 7.59. The van der Waals surface area contributed by atoms with Gasteiger partial charge in [-0.2, -0.15) is 0 Å². The average molecular weight is 272 g/mol. The number of benzene rings is 2. The Morgan fingerprint density at radius 1 is 1.16 bits per heavy atom. The lowest BCUT2D eigenvalue weighted by molar-refractivity contribution is 0.623. The van der Waals surface area contributed by atoms with E-state index >= 15 is 0 Å². The van der Waals surface area contributed by atoms with Crippen LogP contribution in [0.5, 0.6) is 0 Å². The molecule has 2 rings (SSSR count).